The van der Waals surface area contributed by atoms with Crippen molar-refractivity contribution >= 4 is 26.0 Å². The van der Waals surface area contributed by atoms with E-state index in [0.29, 0.717) is 17.8 Å². The Bertz CT molecular complexity index is 489. The summed E-state index contributed by atoms with van der Waals surface area (Å²) in [7, 11) is -3.20. The fourth-order valence-corrected chi connectivity index (χ4v) is 5.45. The van der Waals surface area contributed by atoms with Crippen molar-refractivity contribution in [1.82, 2.24) is 4.31 Å². The number of benzene rings is 1. The van der Waals surface area contributed by atoms with E-state index < -0.39 is 10.0 Å². The van der Waals surface area contributed by atoms with Gasteiger partial charge in [-0.25, -0.2) is 8.42 Å². The van der Waals surface area contributed by atoms with Gasteiger partial charge in [0.15, 0.2) is 0 Å². The Kier molecular flexibility index (Phi) is 4.45. The molecule has 1 aliphatic heterocycles. The summed E-state index contributed by atoms with van der Waals surface area (Å²) in [6.07, 6.45) is 0.949. The standard InChI is InChI=1S/C13H18BrNO2S/c1-11-7-8-15(13(11)9-14)18(16,17)10-12-5-3-2-4-6-12/h2-6,11,13H,7-10H2,1H3. The maximum absolute atomic E-state index is 12.4. The third-order valence-corrected chi connectivity index (χ3v) is 6.07. The SMILES string of the molecule is CC1CCN(S(=O)(=O)Cc2ccccc2)C1CBr. The molecule has 0 aromatic heterocycles. The second-order valence-corrected chi connectivity index (χ2v) is 7.41. The van der Waals surface area contributed by atoms with E-state index in [1.165, 1.54) is 0 Å². The lowest BCUT2D eigenvalue weighted by Gasteiger charge is -2.24. The highest BCUT2D eigenvalue weighted by atomic mass is 79.9. The second-order valence-electron chi connectivity index (χ2n) is 4.84. The summed E-state index contributed by atoms with van der Waals surface area (Å²) in [5.74, 6) is 0.527. The predicted octanol–water partition coefficient (Wildman–Crippen LogP) is 2.62. The number of halogens is 1. The highest BCUT2D eigenvalue weighted by molar-refractivity contribution is 9.09. The smallest absolute Gasteiger partial charge is 0.212 e. The predicted molar refractivity (Wildman–Crippen MR) is 77.1 cm³/mol. The molecular weight excluding hydrogens is 314 g/mol. The quantitative estimate of drug-likeness (QED) is 0.795. The molecule has 2 rings (SSSR count). The third-order valence-electron chi connectivity index (χ3n) is 3.54. The summed E-state index contributed by atoms with van der Waals surface area (Å²) in [5, 5.41) is 0.711. The van der Waals surface area contributed by atoms with Crippen LogP contribution < -0.4 is 0 Å². The Morgan fingerprint density at radius 2 is 2.00 bits per heavy atom. The molecule has 1 aromatic carbocycles. The van der Waals surface area contributed by atoms with Crippen molar-refractivity contribution in [1.29, 1.82) is 0 Å². The first-order valence-corrected chi connectivity index (χ1v) is 8.87. The minimum absolute atomic E-state index is 0.0960. The minimum Gasteiger partial charge on any atom is -0.212 e. The molecule has 0 N–H and O–H groups in total. The molecule has 3 nitrogen and oxygen atoms in total. The molecule has 0 amide bonds. The number of alkyl halides is 1. The Balaban J connectivity index is 2.17. The average molecular weight is 332 g/mol. The first kappa shape index (κ1) is 14.0. The third kappa shape index (κ3) is 2.95. The molecule has 0 spiro atoms. The van der Waals surface area contributed by atoms with Crippen molar-refractivity contribution in [3.8, 4) is 0 Å². The molecule has 2 atom stereocenters. The summed E-state index contributed by atoms with van der Waals surface area (Å²) < 4.78 is 26.5. The fraction of sp³-hybridized carbons (Fsp3) is 0.538. The number of hydrogen-bond donors (Lipinski definition) is 0. The average Bonchev–Trinajstić information content (AvgIpc) is 2.72. The van der Waals surface area contributed by atoms with Gasteiger partial charge in [-0.1, -0.05) is 53.2 Å². The zero-order chi connectivity index (χ0) is 13.2. The van der Waals surface area contributed by atoms with E-state index in [1.807, 2.05) is 30.3 Å². The van der Waals surface area contributed by atoms with Crippen molar-refractivity contribution < 1.29 is 8.42 Å². The minimum atomic E-state index is -3.20. The summed E-state index contributed by atoms with van der Waals surface area (Å²) in [5.41, 5.74) is 0.852. The lowest BCUT2D eigenvalue weighted by atomic mass is 10.1. The van der Waals surface area contributed by atoms with Crippen LogP contribution in [0.4, 0.5) is 0 Å². The van der Waals surface area contributed by atoms with Gasteiger partial charge in [0, 0.05) is 17.9 Å². The van der Waals surface area contributed by atoms with E-state index in [2.05, 4.69) is 22.9 Å². The van der Waals surface area contributed by atoms with Gasteiger partial charge in [-0.2, -0.15) is 4.31 Å². The highest BCUT2D eigenvalue weighted by Crippen LogP contribution is 2.29. The van der Waals surface area contributed by atoms with E-state index in [4.69, 9.17) is 0 Å². The molecule has 1 fully saturated rings. The van der Waals surface area contributed by atoms with Crippen molar-refractivity contribution in [3.05, 3.63) is 35.9 Å². The molecule has 5 heteroatoms. The molecule has 1 heterocycles. The fourth-order valence-electron chi connectivity index (χ4n) is 2.42. The van der Waals surface area contributed by atoms with Crippen molar-refractivity contribution in [2.45, 2.75) is 25.1 Å². The molecular formula is C13H18BrNO2S. The maximum atomic E-state index is 12.4. The molecule has 100 valence electrons. The number of hydrogen-bond acceptors (Lipinski definition) is 2. The van der Waals surface area contributed by atoms with Gasteiger partial charge >= 0.3 is 0 Å². The largest absolute Gasteiger partial charge is 0.218 e. The van der Waals surface area contributed by atoms with Crippen LogP contribution in [-0.4, -0.2) is 30.6 Å². The molecule has 0 aliphatic carbocycles. The van der Waals surface area contributed by atoms with Crippen LogP contribution >= 0.6 is 15.9 Å². The van der Waals surface area contributed by atoms with Crippen LogP contribution in [0.25, 0.3) is 0 Å². The topological polar surface area (TPSA) is 37.4 Å². The van der Waals surface area contributed by atoms with Crippen LogP contribution in [0.15, 0.2) is 30.3 Å². The number of rotatable bonds is 4. The van der Waals surface area contributed by atoms with Gasteiger partial charge in [0.25, 0.3) is 0 Å². The lowest BCUT2D eigenvalue weighted by molar-refractivity contribution is 0.378. The first-order chi connectivity index (χ1) is 8.54. The zero-order valence-electron chi connectivity index (χ0n) is 10.4. The van der Waals surface area contributed by atoms with E-state index in [1.54, 1.807) is 4.31 Å². The van der Waals surface area contributed by atoms with Crippen LogP contribution in [0.2, 0.25) is 0 Å². The van der Waals surface area contributed by atoms with E-state index in [9.17, 15) is 8.42 Å². The number of nitrogens with zero attached hydrogens (tertiary/aromatic N) is 1. The maximum Gasteiger partial charge on any atom is 0.218 e. The molecule has 0 radical (unpaired) electrons. The van der Waals surface area contributed by atoms with Gasteiger partial charge < -0.3 is 0 Å². The molecule has 0 saturated carbocycles. The van der Waals surface area contributed by atoms with E-state index in [-0.39, 0.29) is 11.8 Å². The van der Waals surface area contributed by atoms with Crippen LogP contribution in [0.1, 0.15) is 18.9 Å². The van der Waals surface area contributed by atoms with Crippen LogP contribution in [0, 0.1) is 5.92 Å². The second kappa shape index (κ2) is 5.72. The van der Waals surface area contributed by atoms with Gasteiger partial charge in [0.2, 0.25) is 10.0 Å². The molecule has 1 aromatic rings. The van der Waals surface area contributed by atoms with E-state index in [0.717, 1.165) is 12.0 Å². The van der Waals surface area contributed by atoms with Crippen molar-refractivity contribution in [3.63, 3.8) is 0 Å². The van der Waals surface area contributed by atoms with Gasteiger partial charge in [0.05, 0.1) is 5.75 Å². The monoisotopic (exact) mass is 331 g/mol. The molecule has 18 heavy (non-hydrogen) atoms. The Hall–Kier alpha value is -0.390. The Morgan fingerprint density at radius 3 is 2.61 bits per heavy atom. The van der Waals surface area contributed by atoms with Crippen molar-refractivity contribution in [2.75, 3.05) is 11.9 Å². The van der Waals surface area contributed by atoms with Gasteiger partial charge in [-0.15, -0.1) is 0 Å². The summed E-state index contributed by atoms with van der Waals surface area (Å²) in [6, 6.07) is 9.47. The van der Waals surface area contributed by atoms with Crippen LogP contribution in [0.5, 0.6) is 0 Å². The molecule has 1 saturated heterocycles. The Morgan fingerprint density at radius 1 is 1.33 bits per heavy atom. The Labute approximate surface area is 117 Å². The normalized spacial score (nSPS) is 25.4. The van der Waals surface area contributed by atoms with Gasteiger partial charge in [0.1, 0.15) is 0 Å². The lowest BCUT2D eigenvalue weighted by Crippen LogP contribution is -2.39. The van der Waals surface area contributed by atoms with Gasteiger partial charge in [-0.3, -0.25) is 0 Å². The molecule has 0 bridgehead atoms. The summed E-state index contributed by atoms with van der Waals surface area (Å²) in [4.78, 5) is 0. The summed E-state index contributed by atoms with van der Waals surface area (Å²) >= 11 is 3.43. The zero-order valence-corrected chi connectivity index (χ0v) is 12.8. The molecule has 1 aliphatic rings. The van der Waals surface area contributed by atoms with Crippen LogP contribution in [0.3, 0.4) is 0 Å². The highest BCUT2D eigenvalue weighted by Gasteiger charge is 2.37. The number of sulfonamides is 1. The van der Waals surface area contributed by atoms with Crippen molar-refractivity contribution in [2.24, 2.45) is 5.92 Å². The first-order valence-electron chi connectivity index (χ1n) is 6.14. The summed E-state index contributed by atoms with van der Waals surface area (Å²) in [6.45, 7) is 2.76. The molecule has 2 unspecified atom stereocenters. The van der Waals surface area contributed by atoms with Crippen LogP contribution in [-0.2, 0) is 15.8 Å². The van der Waals surface area contributed by atoms with Gasteiger partial charge in [-0.05, 0) is 17.9 Å². The van der Waals surface area contributed by atoms with E-state index >= 15 is 0 Å².